The maximum absolute atomic E-state index is 12.6. The lowest BCUT2D eigenvalue weighted by Gasteiger charge is -2.21. The van der Waals surface area contributed by atoms with Gasteiger partial charge in [0.2, 0.25) is 5.88 Å². The van der Waals surface area contributed by atoms with E-state index in [1.165, 1.54) is 24.6 Å². The minimum absolute atomic E-state index is 0.141. The number of anilines is 1. The van der Waals surface area contributed by atoms with Crippen molar-refractivity contribution in [1.82, 2.24) is 14.9 Å². The molecular formula is C18H22N4O2. The summed E-state index contributed by atoms with van der Waals surface area (Å²) in [6, 6.07) is 10.2. The highest BCUT2D eigenvalue weighted by atomic mass is 16.5. The lowest BCUT2D eigenvalue weighted by atomic mass is 9.96. The Morgan fingerprint density at radius 2 is 2.04 bits per heavy atom. The largest absolute Gasteiger partial charge is 0.481 e. The average Bonchev–Trinajstić information content (AvgIpc) is 2.97. The zero-order chi connectivity index (χ0) is 17.1. The molecule has 24 heavy (non-hydrogen) atoms. The molecule has 1 N–H and O–H groups in total. The molecule has 0 bridgehead atoms. The predicted molar refractivity (Wildman–Crippen MR) is 92.3 cm³/mol. The van der Waals surface area contributed by atoms with E-state index in [0.29, 0.717) is 24.2 Å². The Labute approximate surface area is 141 Å². The molecule has 2 aromatic rings. The second kappa shape index (κ2) is 6.86. The molecule has 2 amide bonds. The molecule has 1 saturated heterocycles. The Hall–Kier alpha value is -2.63. The molecule has 0 saturated carbocycles. The lowest BCUT2D eigenvalue weighted by molar-refractivity contribution is 0.209. The van der Waals surface area contributed by atoms with Gasteiger partial charge in [-0.2, -0.15) is 0 Å². The third-order valence-electron chi connectivity index (χ3n) is 4.47. The average molecular weight is 326 g/mol. The Bertz CT molecular complexity index is 717. The van der Waals surface area contributed by atoms with Crippen LogP contribution in [0.5, 0.6) is 5.88 Å². The summed E-state index contributed by atoms with van der Waals surface area (Å²) in [7, 11) is 1.53. The first-order chi connectivity index (χ1) is 11.6. The van der Waals surface area contributed by atoms with E-state index in [4.69, 9.17) is 4.74 Å². The van der Waals surface area contributed by atoms with Crippen molar-refractivity contribution in [2.75, 3.05) is 19.0 Å². The van der Waals surface area contributed by atoms with E-state index in [9.17, 15) is 4.79 Å². The van der Waals surface area contributed by atoms with Crippen LogP contribution in [0.15, 0.2) is 36.7 Å². The van der Waals surface area contributed by atoms with Crippen LogP contribution in [-0.2, 0) is 0 Å². The molecule has 2 atom stereocenters. The molecular weight excluding hydrogens is 304 g/mol. The molecule has 3 rings (SSSR count). The van der Waals surface area contributed by atoms with Gasteiger partial charge >= 0.3 is 6.03 Å². The normalized spacial score (nSPS) is 20.0. The fourth-order valence-electron chi connectivity index (χ4n) is 3.09. The van der Waals surface area contributed by atoms with E-state index in [0.717, 1.165) is 6.42 Å². The standard InChI is InChI=1S/C18H22N4O2/c1-12-4-6-14(7-5-12)15-8-13(2)22(10-15)18(23)21-16-9-17(24-3)20-11-19-16/h4-7,9,11,13,15H,8,10H2,1-3H3,(H,19,20,21,23). The maximum Gasteiger partial charge on any atom is 0.323 e. The van der Waals surface area contributed by atoms with Gasteiger partial charge in [0.15, 0.2) is 0 Å². The first-order valence-electron chi connectivity index (χ1n) is 8.07. The topological polar surface area (TPSA) is 67.3 Å². The lowest BCUT2D eigenvalue weighted by Crippen LogP contribution is -2.37. The van der Waals surface area contributed by atoms with Gasteiger partial charge in [0, 0.05) is 24.6 Å². The van der Waals surface area contributed by atoms with Crippen LogP contribution < -0.4 is 10.1 Å². The van der Waals surface area contributed by atoms with E-state index in [1.54, 1.807) is 6.07 Å². The number of ether oxygens (including phenoxy) is 1. The van der Waals surface area contributed by atoms with E-state index in [1.807, 2.05) is 4.90 Å². The number of carbonyl (C=O) groups is 1. The molecule has 0 radical (unpaired) electrons. The molecule has 1 aliphatic heterocycles. The zero-order valence-electron chi connectivity index (χ0n) is 14.2. The molecule has 2 heterocycles. The summed E-state index contributed by atoms with van der Waals surface area (Å²) >= 11 is 0. The molecule has 0 spiro atoms. The number of likely N-dealkylation sites (tertiary alicyclic amines) is 1. The van der Waals surface area contributed by atoms with Gasteiger partial charge in [-0.15, -0.1) is 0 Å². The van der Waals surface area contributed by atoms with E-state index < -0.39 is 0 Å². The number of hydrogen-bond acceptors (Lipinski definition) is 4. The van der Waals surface area contributed by atoms with Crippen molar-refractivity contribution in [1.29, 1.82) is 0 Å². The van der Waals surface area contributed by atoms with Gasteiger partial charge in [0.25, 0.3) is 0 Å². The van der Waals surface area contributed by atoms with Crippen molar-refractivity contribution in [2.45, 2.75) is 32.2 Å². The van der Waals surface area contributed by atoms with Crippen LogP contribution in [-0.4, -0.2) is 40.6 Å². The minimum Gasteiger partial charge on any atom is -0.481 e. The van der Waals surface area contributed by atoms with Gasteiger partial charge in [-0.1, -0.05) is 29.8 Å². The van der Waals surface area contributed by atoms with Gasteiger partial charge in [-0.05, 0) is 25.8 Å². The Balaban J connectivity index is 1.67. The molecule has 1 aliphatic rings. The summed E-state index contributed by atoms with van der Waals surface area (Å²) in [6.45, 7) is 4.86. The second-order valence-corrected chi connectivity index (χ2v) is 6.22. The van der Waals surface area contributed by atoms with Crippen LogP contribution >= 0.6 is 0 Å². The Kier molecular flexibility index (Phi) is 4.64. The Morgan fingerprint density at radius 3 is 2.75 bits per heavy atom. The van der Waals surface area contributed by atoms with Crippen LogP contribution in [0.4, 0.5) is 10.6 Å². The smallest absolute Gasteiger partial charge is 0.323 e. The number of urea groups is 1. The summed E-state index contributed by atoms with van der Waals surface area (Å²) in [6.07, 6.45) is 2.33. The highest BCUT2D eigenvalue weighted by molar-refractivity contribution is 5.88. The Morgan fingerprint density at radius 1 is 1.29 bits per heavy atom. The monoisotopic (exact) mass is 326 g/mol. The number of nitrogens with one attached hydrogen (secondary N) is 1. The number of hydrogen-bond donors (Lipinski definition) is 1. The summed E-state index contributed by atoms with van der Waals surface area (Å²) in [5, 5.41) is 2.83. The summed E-state index contributed by atoms with van der Waals surface area (Å²) in [4.78, 5) is 22.4. The number of aromatic nitrogens is 2. The van der Waals surface area contributed by atoms with Crippen LogP contribution in [0, 0.1) is 6.92 Å². The van der Waals surface area contributed by atoms with E-state index >= 15 is 0 Å². The number of amides is 2. The SMILES string of the molecule is COc1cc(NC(=O)N2CC(c3ccc(C)cc3)CC2C)ncn1. The summed E-state index contributed by atoms with van der Waals surface area (Å²) in [5.41, 5.74) is 2.53. The van der Waals surface area contributed by atoms with Crippen LogP contribution in [0.3, 0.4) is 0 Å². The first-order valence-corrected chi connectivity index (χ1v) is 8.07. The third-order valence-corrected chi connectivity index (χ3v) is 4.47. The highest BCUT2D eigenvalue weighted by Crippen LogP contribution is 2.32. The number of aryl methyl sites for hydroxylation is 1. The molecule has 126 valence electrons. The first kappa shape index (κ1) is 16.2. The van der Waals surface area contributed by atoms with Crippen molar-refractivity contribution < 1.29 is 9.53 Å². The zero-order valence-corrected chi connectivity index (χ0v) is 14.2. The number of rotatable bonds is 3. The maximum atomic E-state index is 12.6. The van der Waals surface area contributed by atoms with Gasteiger partial charge < -0.3 is 9.64 Å². The van der Waals surface area contributed by atoms with Gasteiger partial charge in [-0.25, -0.2) is 14.8 Å². The minimum atomic E-state index is -0.141. The van der Waals surface area contributed by atoms with Crippen molar-refractivity contribution in [3.63, 3.8) is 0 Å². The highest BCUT2D eigenvalue weighted by Gasteiger charge is 2.33. The molecule has 1 aromatic carbocycles. The van der Waals surface area contributed by atoms with E-state index in [-0.39, 0.29) is 12.1 Å². The number of methoxy groups -OCH3 is 1. The fraction of sp³-hybridized carbons (Fsp3) is 0.389. The molecule has 0 aliphatic carbocycles. The summed E-state index contributed by atoms with van der Waals surface area (Å²) < 4.78 is 5.05. The molecule has 6 heteroatoms. The summed E-state index contributed by atoms with van der Waals surface area (Å²) in [5.74, 6) is 1.23. The number of benzene rings is 1. The second-order valence-electron chi connectivity index (χ2n) is 6.22. The quantitative estimate of drug-likeness (QED) is 0.940. The molecule has 2 unspecified atom stereocenters. The van der Waals surface area contributed by atoms with Crippen molar-refractivity contribution in [2.24, 2.45) is 0 Å². The molecule has 6 nitrogen and oxygen atoms in total. The third kappa shape index (κ3) is 3.48. The molecule has 1 aromatic heterocycles. The van der Waals surface area contributed by atoms with Crippen LogP contribution in [0.2, 0.25) is 0 Å². The number of nitrogens with zero attached hydrogens (tertiary/aromatic N) is 3. The fourth-order valence-corrected chi connectivity index (χ4v) is 3.09. The van der Waals surface area contributed by atoms with Crippen LogP contribution in [0.25, 0.3) is 0 Å². The van der Waals surface area contributed by atoms with Gasteiger partial charge in [0.05, 0.1) is 7.11 Å². The van der Waals surface area contributed by atoms with E-state index in [2.05, 4.69) is 53.4 Å². The van der Waals surface area contributed by atoms with Gasteiger partial charge in [0.1, 0.15) is 12.1 Å². The van der Waals surface area contributed by atoms with Crippen LogP contribution in [0.1, 0.15) is 30.4 Å². The van der Waals surface area contributed by atoms with Crippen molar-refractivity contribution in [3.05, 3.63) is 47.8 Å². The number of carbonyl (C=O) groups excluding carboxylic acids is 1. The van der Waals surface area contributed by atoms with Crippen molar-refractivity contribution >= 4 is 11.8 Å². The predicted octanol–water partition coefficient (Wildman–Crippen LogP) is 3.20. The van der Waals surface area contributed by atoms with Crippen molar-refractivity contribution in [3.8, 4) is 5.88 Å². The van der Waals surface area contributed by atoms with Gasteiger partial charge in [-0.3, -0.25) is 5.32 Å². The molecule has 1 fully saturated rings.